The van der Waals surface area contributed by atoms with Gasteiger partial charge in [0.05, 0.1) is 0 Å². The Labute approximate surface area is 126 Å². The molecule has 19 heavy (non-hydrogen) atoms. The van der Waals surface area contributed by atoms with Gasteiger partial charge in [-0.15, -0.1) is 0 Å². The first-order valence-electron chi connectivity index (χ1n) is 3.37. The summed E-state index contributed by atoms with van der Waals surface area (Å²) in [7, 11) is 0. The van der Waals surface area contributed by atoms with Crippen molar-refractivity contribution in [3.8, 4) is 0 Å². The van der Waals surface area contributed by atoms with E-state index in [2.05, 4.69) is 0 Å². The number of hydrogen-bond donors (Lipinski definition) is 2. The van der Waals surface area contributed by atoms with Gasteiger partial charge in [0.25, 0.3) is 0 Å². The summed E-state index contributed by atoms with van der Waals surface area (Å²) < 4.78 is 134. The van der Waals surface area contributed by atoms with Gasteiger partial charge in [-0.2, -0.15) is 35.1 Å². The zero-order valence-corrected chi connectivity index (χ0v) is 9.18. The molecule has 0 saturated heterocycles. The molecule has 2 atom stereocenters. The van der Waals surface area contributed by atoms with Crippen LogP contribution in [0.15, 0.2) is 0 Å². The Morgan fingerprint density at radius 1 is 0.632 bits per heavy atom. The van der Waals surface area contributed by atoms with Crippen LogP contribution in [0.3, 0.4) is 0 Å². The van der Waals surface area contributed by atoms with Crippen molar-refractivity contribution in [1.29, 1.82) is 0 Å². The Bertz CT molecular complexity index is 351. The summed E-state index contributed by atoms with van der Waals surface area (Å²) in [6, 6.07) is 0. The molecule has 2 unspecified atom stereocenters. The van der Waals surface area contributed by atoms with Crippen LogP contribution in [0.25, 0.3) is 0 Å². The van der Waals surface area contributed by atoms with Crippen molar-refractivity contribution in [1.82, 2.24) is 0 Å². The first-order valence-corrected chi connectivity index (χ1v) is 5.58. The van der Waals surface area contributed by atoms with E-state index in [9.17, 15) is 43.5 Å². The van der Waals surface area contributed by atoms with Crippen LogP contribution >= 0.6 is 0 Å². The summed E-state index contributed by atoms with van der Waals surface area (Å²) in [4.78, 5) is 0. The number of rotatable bonds is 5. The molecule has 0 bridgehead atoms. The quantitative estimate of drug-likeness (QED) is 0.443. The summed E-state index contributed by atoms with van der Waals surface area (Å²) in [6.07, 6.45) is 0. The summed E-state index contributed by atoms with van der Waals surface area (Å²) in [5.41, 5.74) is 0. The molecule has 0 fully saturated rings. The van der Waals surface area contributed by atoms with Gasteiger partial charge < -0.3 is 9.11 Å². The second-order valence-corrected chi connectivity index (χ2v) is 4.70. The zero-order chi connectivity index (χ0) is 15.2. The first-order chi connectivity index (χ1) is 7.64. The molecule has 0 saturated carbocycles. The van der Waals surface area contributed by atoms with Gasteiger partial charge in [0, 0.05) is 0 Å². The fourth-order valence-corrected chi connectivity index (χ4v) is 1.28. The normalized spacial score (nSPS) is 17.6. The van der Waals surface area contributed by atoms with Crippen LogP contribution in [0, 0.1) is 0 Å². The van der Waals surface area contributed by atoms with Crippen LogP contribution in [0.1, 0.15) is 0 Å². The van der Waals surface area contributed by atoms with Crippen molar-refractivity contribution in [3.05, 3.63) is 0 Å². The zero-order valence-electron chi connectivity index (χ0n) is 7.55. The van der Waals surface area contributed by atoms with E-state index in [4.69, 9.17) is 9.11 Å². The minimum absolute atomic E-state index is 0. The van der Waals surface area contributed by atoms with Crippen LogP contribution in [-0.4, -0.2) is 69.4 Å². The van der Waals surface area contributed by atoms with Gasteiger partial charge in [-0.25, -0.2) is 8.42 Å². The molecule has 112 valence electrons. The van der Waals surface area contributed by atoms with Crippen LogP contribution in [0.2, 0.25) is 0 Å². The molecular formula is C4H3F8NaO4S2. The SMILES string of the molecule is O=S(O)C(F)(F)C(F)(F)C(F)(F)C(F)(F)S(=O)O.[NaH]. The first kappa shape index (κ1) is 21.9. The van der Waals surface area contributed by atoms with E-state index in [1.54, 1.807) is 0 Å². The van der Waals surface area contributed by atoms with Crippen molar-refractivity contribution >= 4 is 51.7 Å². The molecule has 0 aliphatic rings. The van der Waals surface area contributed by atoms with E-state index in [-0.39, 0.29) is 29.6 Å². The Morgan fingerprint density at radius 3 is 0.895 bits per heavy atom. The molecule has 0 aliphatic heterocycles. The summed E-state index contributed by atoms with van der Waals surface area (Å²) in [5, 5.41) is -12.9. The molecule has 15 heteroatoms. The molecule has 0 aliphatic carbocycles. The third-order valence-electron chi connectivity index (χ3n) is 1.56. The number of halogens is 8. The van der Waals surface area contributed by atoms with Gasteiger partial charge in [0.1, 0.15) is 0 Å². The topological polar surface area (TPSA) is 74.6 Å². The molecule has 0 amide bonds. The Morgan fingerprint density at radius 2 is 0.789 bits per heavy atom. The predicted octanol–water partition coefficient (Wildman–Crippen LogP) is 1.24. The van der Waals surface area contributed by atoms with Gasteiger partial charge >= 0.3 is 51.9 Å². The molecular weight excluding hydrogens is 351 g/mol. The second-order valence-electron chi connectivity index (χ2n) is 2.68. The molecule has 0 aromatic rings. The van der Waals surface area contributed by atoms with Gasteiger partial charge in [0.15, 0.2) is 0 Å². The Kier molecular flexibility index (Phi) is 7.15. The third-order valence-corrected chi connectivity index (χ3v) is 2.95. The number of alkyl halides is 8. The van der Waals surface area contributed by atoms with Crippen molar-refractivity contribution < 1.29 is 52.6 Å². The molecule has 0 heterocycles. The van der Waals surface area contributed by atoms with Gasteiger partial charge in [0.2, 0.25) is 22.2 Å². The van der Waals surface area contributed by atoms with Gasteiger partial charge in [-0.1, -0.05) is 0 Å². The fraction of sp³-hybridized carbons (Fsp3) is 1.00. The average molecular weight is 354 g/mol. The van der Waals surface area contributed by atoms with Gasteiger partial charge in [-0.05, 0) is 0 Å². The standard InChI is InChI=1S/C4H2F8O4S2.Na.H/c5-1(6,3(9,10)17(13)14)2(7,8)4(11,12)18(15)16;;/h(H,13,14)(H,15,16);;. The molecule has 0 rings (SSSR count). The molecule has 0 aromatic heterocycles. The maximum atomic E-state index is 12.5. The van der Waals surface area contributed by atoms with E-state index in [0.717, 1.165) is 0 Å². The van der Waals surface area contributed by atoms with Gasteiger partial charge in [-0.3, -0.25) is 0 Å². The molecule has 0 aromatic carbocycles. The molecule has 0 radical (unpaired) electrons. The fourth-order valence-electron chi connectivity index (χ4n) is 0.585. The minimum atomic E-state index is -7.04. The van der Waals surface area contributed by atoms with Crippen LogP contribution < -0.4 is 0 Å². The van der Waals surface area contributed by atoms with Crippen LogP contribution in [0.5, 0.6) is 0 Å². The van der Waals surface area contributed by atoms with E-state index in [1.807, 2.05) is 0 Å². The van der Waals surface area contributed by atoms with Crippen molar-refractivity contribution in [2.75, 3.05) is 0 Å². The molecule has 0 spiro atoms. The Hall–Kier alpha value is 0.660. The van der Waals surface area contributed by atoms with Crippen LogP contribution in [0.4, 0.5) is 35.1 Å². The monoisotopic (exact) mass is 354 g/mol. The van der Waals surface area contributed by atoms with Crippen molar-refractivity contribution in [3.63, 3.8) is 0 Å². The van der Waals surface area contributed by atoms with Crippen molar-refractivity contribution in [2.24, 2.45) is 0 Å². The average Bonchev–Trinajstić information content (AvgIpc) is 2.15. The third kappa shape index (κ3) is 3.29. The van der Waals surface area contributed by atoms with E-state index in [0.29, 0.717) is 0 Å². The predicted molar refractivity (Wildman–Crippen MR) is 48.5 cm³/mol. The van der Waals surface area contributed by atoms with E-state index >= 15 is 0 Å². The summed E-state index contributed by atoms with van der Waals surface area (Å²) in [6.45, 7) is 0. The summed E-state index contributed by atoms with van der Waals surface area (Å²) in [5.74, 6) is -14.1. The van der Waals surface area contributed by atoms with E-state index in [1.165, 1.54) is 0 Å². The maximum absolute atomic E-state index is 12.5. The second kappa shape index (κ2) is 6.19. The Balaban J connectivity index is 0. The van der Waals surface area contributed by atoms with Crippen molar-refractivity contribution in [2.45, 2.75) is 22.4 Å². The molecule has 2 N–H and O–H groups in total. The molecule has 4 nitrogen and oxygen atoms in total. The van der Waals surface area contributed by atoms with Crippen LogP contribution in [-0.2, 0) is 22.2 Å². The summed E-state index contributed by atoms with van der Waals surface area (Å²) >= 11 is -9.83. The van der Waals surface area contributed by atoms with E-state index < -0.39 is 44.5 Å². The number of hydrogen-bond acceptors (Lipinski definition) is 2.